The molecule has 0 rings (SSSR count). The third-order valence-electron chi connectivity index (χ3n) is 0.417. The van der Waals surface area contributed by atoms with Crippen molar-refractivity contribution in [2.24, 2.45) is 0 Å². The summed E-state index contributed by atoms with van der Waals surface area (Å²) in [5.41, 5.74) is 0. The van der Waals surface area contributed by atoms with Gasteiger partial charge in [-0.3, -0.25) is 0 Å². The Balaban J connectivity index is -0.0000000134. The van der Waals surface area contributed by atoms with Crippen LogP contribution in [0.1, 0.15) is 0 Å². The minimum Gasteiger partial charge on any atom is -0.794 e. The predicted molar refractivity (Wildman–Crippen MR) is 122 cm³/mol. The summed E-state index contributed by atoms with van der Waals surface area (Å²) in [4.78, 5) is 0. The second-order valence-electron chi connectivity index (χ2n) is 2.04. The molecule has 0 aromatic rings. The quantitative estimate of drug-likeness (QED) is 0.285. The number of rotatable bonds is 5. The Morgan fingerprint density at radius 1 is 0.200 bits per heavy atom. The van der Waals surface area contributed by atoms with Gasteiger partial charge in [-0.15, -0.1) is 0 Å². The molecule has 0 unspecified atom stereocenters. The molecular weight excluding hydrogens is 734 g/mol. The molecule has 0 aliphatic heterocycles. The zero-order valence-corrected chi connectivity index (χ0v) is 25.8. The molecule has 0 spiro atoms. The summed E-state index contributed by atoms with van der Waals surface area (Å²) in [7, 11) is 0. The Labute approximate surface area is 262 Å². The third kappa shape index (κ3) is 195. The largest absolute Gasteiger partial charge is 2.00 e. The molecule has 15 heteroatoms. The summed E-state index contributed by atoms with van der Waals surface area (Å²) in [6.07, 6.45) is 0. The molecule has 0 aromatic carbocycles. The standard InChI is InChI=1S/5C2H6S2.5Ni/c5*3-1-2-4;;;;;/h5*3-4H,1-2H2;;;;;/q;;;;;5*+2/p-10. The van der Waals surface area contributed by atoms with Gasteiger partial charge in [0.15, 0.2) is 0 Å². The van der Waals surface area contributed by atoms with Crippen molar-refractivity contribution in [2.45, 2.75) is 0 Å². The molecule has 0 aromatic heterocycles. The molecule has 0 saturated heterocycles. The van der Waals surface area contributed by atoms with Crippen LogP contribution in [-0.4, -0.2) is 57.5 Å². The van der Waals surface area contributed by atoms with Crippen LogP contribution >= 0.6 is 0 Å². The van der Waals surface area contributed by atoms with E-state index >= 15 is 0 Å². The number of hydrogen-bond acceptors (Lipinski definition) is 10. The molecule has 0 bridgehead atoms. The van der Waals surface area contributed by atoms with Gasteiger partial charge in [-0.25, -0.2) is 0 Å². The van der Waals surface area contributed by atoms with E-state index in [-0.39, 0.29) is 82.5 Å². The first-order chi connectivity index (χ1) is 9.57. The van der Waals surface area contributed by atoms with Gasteiger partial charge >= 0.3 is 82.5 Å². The molecule has 0 fully saturated rings. The minimum absolute atomic E-state index is 0. The average molecular weight is 754 g/mol. The smallest absolute Gasteiger partial charge is 0.794 e. The normalized spacial score (nSPS) is 6.00. The average Bonchev–Trinajstić information content (AvgIpc) is 2.55. The zero-order valence-electron chi connectivity index (χ0n) is 12.7. The van der Waals surface area contributed by atoms with Gasteiger partial charge in [0.2, 0.25) is 0 Å². The molecule has 0 N–H and O–H groups in total. The second-order valence-corrected chi connectivity index (χ2v) is 6.12. The van der Waals surface area contributed by atoms with Crippen molar-refractivity contribution in [3.05, 3.63) is 0 Å². The molecule has 0 amide bonds. The van der Waals surface area contributed by atoms with Crippen molar-refractivity contribution in [1.29, 1.82) is 0 Å². The maximum absolute atomic E-state index is 4.45. The second kappa shape index (κ2) is 98.6. The first-order valence-electron chi connectivity index (χ1n) is 5.39. The first-order valence-corrected chi connectivity index (χ1v) is 11.2. The van der Waals surface area contributed by atoms with Gasteiger partial charge in [0.1, 0.15) is 0 Å². The van der Waals surface area contributed by atoms with Crippen LogP contribution in [0.5, 0.6) is 0 Å². The Morgan fingerprint density at radius 2 is 0.240 bits per heavy atom. The Bertz CT molecular complexity index is 71.3. The SMILES string of the molecule is [Ni+2].[Ni+2].[Ni+2].[Ni+2].[Ni+2].[S-]CC[S-].[S-]CC[S-].[S-]CC[S-].[S-]CC[S-].[S-]CC[S-]. The van der Waals surface area contributed by atoms with Gasteiger partial charge in [-0.05, 0) is 0 Å². The van der Waals surface area contributed by atoms with E-state index in [0.29, 0.717) is 0 Å². The van der Waals surface area contributed by atoms with Crippen LogP contribution in [0.4, 0.5) is 0 Å². The molecular formula is C10H20Ni5S10. The van der Waals surface area contributed by atoms with Gasteiger partial charge < -0.3 is 126 Å². The van der Waals surface area contributed by atoms with Gasteiger partial charge in [0.05, 0.1) is 0 Å². The van der Waals surface area contributed by atoms with Crippen LogP contribution < -0.4 is 0 Å². The van der Waals surface area contributed by atoms with Gasteiger partial charge in [0.25, 0.3) is 0 Å². The van der Waals surface area contributed by atoms with Crippen LogP contribution in [0.2, 0.25) is 0 Å². The van der Waals surface area contributed by atoms with E-state index in [1.165, 1.54) is 0 Å². The Hall–Kier alpha value is 5.97. The van der Waals surface area contributed by atoms with E-state index in [4.69, 9.17) is 0 Å². The van der Waals surface area contributed by atoms with Crippen LogP contribution in [0.15, 0.2) is 0 Å². The van der Waals surface area contributed by atoms with E-state index in [2.05, 4.69) is 126 Å². The first kappa shape index (κ1) is 63.3. The Morgan fingerprint density at radius 3 is 0.240 bits per heavy atom. The van der Waals surface area contributed by atoms with E-state index in [1.54, 1.807) is 0 Å². The van der Waals surface area contributed by atoms with Crippen LogP contribution in [0.25, 0.3) is 0 Å². The molecule has 0 atom stereocenters. The molecule has 0 saturated carbocycles. The van der Waals surface area contributed by atoms with E-state index in [0.717, 1.165) is 57.5 Å². The topological polar surface area (TPSA) is 0 Å². The summed E-state index contributed by atoms with van der Waals surface area (Å²) in [5.74, 6) is 7.18. The number of hydrogen-bond donors (Lipinski definition) is 0. The summed E-state index contributed by atoms with van der Waals surface area (Å²) < 4.78 is 0. The van der Waals surface area contributed by atoms with E-state index < -0.39 is 0 Å². The van der Waals surface area contributed by atoms with Crippen molar-refractivity contribution in [3.63, 3.8) is 0 Å². The monoisotopic (exact) mass is 750 g/mol. The predicted octanol–water partition coefficient (Wildman–Crippen LogP) is 0.389. The maximum atomic E-state index is 4.45. The molecule has 0 aliphatic rings. The van der Waals surface area contributed by atoms with Gasteiger partial charge in [-0.2, -0.15) is 57.5 Å². The fourth-order valence-electron chi connectivity index (χ4n) is 0. The fourth-order valence-corrected chi connectivity index (χ4v) is 0. The molecule has 0 radical (unpaired) electrons. The van der Waals surface area contributed by atoms with E-state index in [1.807, 2.05) is 0 Å². The van der Waals surface area contributed by atoms with Crippen LogP contribution in [0.3, 0.4) is 0 Å². The van der Waals surface area contributed by atoms with Gasteiger partial charge in [0, 0.05) is 0 Å². The summed E-state index contributed by atoms with van der Waals surface area (Å²) in [6, 6.07) is 0. The van der Waals surface area contributed by atoms with Crippen molar-refractivity contribution < 1.29 is 82.5 Å². The van der Waals surface area contributed by atoms with Crippen LogP contribution in [0, 0.1) is 0 Å². The minimum atomic E-state index is 0. The summed E-state index contributed by atoms with van der Waals surface area (Å²) >= 11 is 44.5. The van der Waals surface area contributed by atoms with Crippen LogP contribution in [-0.2, 0) is 209 Å². The molecule has 25 heavy (non-hydrogen) atoms. The van der Waals surface area contributed by atoms with Crippen molar-refractivity contribution in [1.82, 2.24) is 0 Å². The van der Waals surface area contributed by atoms with Crippen molar-refractivity contribution >= 4 is 126 Å². The molecule has 0 heterocycles. The fraction of sp³-hybridized carbons (Fsp3) is 1.00. The maximum Gasteiger partial charge on any atom is 2.00 e. The molecule has 0 aliphatic carbocycles. The Kier molecular flexibility index (Phi) is 250. The third-order valence-corrected chi connectivity index (χ3v) is 3.75. The summed E-state index contributed by atoms with van der Waals surface area (Å²) in [5, 5.41) is 0. The van der Waals surface area contributed by atoms with Gasteiger partial charge in [-0.1, -0.05) is 0 Å². The summed E-state index contributed by atoms with van der Waals surface area (Å²) in [6.45, 7) is 0. The zero-order chi connectivity index (χ0) is 17.1. The molecule has 170 valence electrons. The van der Waals surface area contributed by atoms with Crippen molar-refractivity contribution in [2.75, 3.05) is 57.5 Å². The van der Waals surface area contributed by atoms with E-state index in [9.17, 15) is 0 Å². The van der Waals surface area contributed by atoms with Crippen molar-refractivity contribution in [3.8, 4) is 0 Å². The molecule has 0 nitrogen and oxygen atoms in total.